The number of urea groups is 1. The number of carbonyl (C=O) groups is 1. The van der Waals surface area contributed by atoms with Crippen LogP contribution in [0.2, 0.25) is 0 Å². The van der Waals surface area contributed by atoms with Crippen molar-refractivity contribution in [2.75, 3.05) is 11.9 Å². The van der Waals surface area contributed by atoms with Gasteiger partial charge in [-0.05, 0) is 12.1 Å². The first-order valence-corrected chi connectivity index (χ1v) is 9.03. The maximum atomic E-state index is 11.5. The SMILES string of the molecule is O.O.O.O.O=C(NCCC(O)(P(=O)([O-])O)P(=O)([O-])O)Nc1ccccc1.[Na+].[Na+]. The van der Waals surface area contributed by atoms with Crippen LogP contribution >= 0.6 is 15.2 Å². The number of hydrogen-bond donors (Lipinski definition) is 5. The Balaban J connectivity index is -0.000000202. The van der Waals surface area contributed by atoms with E-state index in [4.69, 9.17) is 9.79 Å². The van der Waals surface area contributed by atoms with E-state index in [9.17, 15) is 28.8 Å². The second-order valence-corrected chi connectivity index (χ2v) is 8.23. The van der Waals surface area contributed by atoms with Crippen molar-refractivity contribution in [3.8, 4) is 0 Å². The molecular weight excluding hydrogens is 448 g/mol. The molecule has 156 valence electrons. The second kappa shape index (κ2) is 17.3. The summed E-state index contributed by atoms with van der Waals surface area (Å²) >= 11 is 0. The minimum Gasteiger partial charge on any atom is -0.776 e. The molecule has 0 aliphatic rings. The smallest absolute Gasteiger partial charge is 0.776 e. The van der Waals surface area contributed by atoms with Crippen LogP contribution in [0.1, 0.15) is 6.42 Å². The number of benzene rings is 1. The van der Waals surface area contributed by atoms with E-state index in [2.05, 4.69) is 10.6 Å². The van der Waals surface area contributed by atoms with Crippen LogP contribution in [0.4, 0.5) is 10.5 Å². The molecule has 0 fully saturated rings. The van der Waals surface area contributed by atoms with Gasteiger partial charge in [0.2, 0.25) is 0 Å². The maximum Gasteiger partial charge on any atom is 1.00 e. The number of carbonyl (C=O) groups excluding carboxylic acids is 1. The second-order valence-electron chi connectivity index (χ2n) is 4.31. The van der Waals surface area contributed by atoms with E-state index in [-0.39, 0.29) is 81.0 Å². The largest absolute Gasteiger partial charge is 1.00 e. The number of hydrogen-bond acceptors (Lipinski definition) is 6. The summed E-state index contributed by atoms with van der Waals surface area (Å²) in [5.41, 5.74) is 0.420. The normalized spacial score (nSPS) is 15.2. The van der Waals surface area contributed by atoms with Crippen molar-refractivity contribution in [1.29, 1.82) is 0 Å². The van der Waals surface area contributed by atoms with E-state index < -0.39 is 39.3 Å². The van der Waals surface area contributed by atoms with E-state index >= 15 is 0 Å². The zero-order chi connectivity index (χ0) is 17.0. The summed E-state index contributed by atoms with van der Waals surface area (Å²) < 4.78 is 21.9. The van der Waals surface area contributed by atoms with Gasteiger partial charge in [-0.3, -0.25) is 0 Å². The molecule has 0 heterocycles. The topological polar surface area (TPSA) is 308 Å². The zero-order valence-corrected chi connectivity index (χ0v) is 20.9. The number of aliphatic hydroxyl groups is 1. The van der Waals surface area contributed by atoms with Crippen molar-refractivity contribution in [2.24, 2.45) is 0 Å². The average molecular weight is 470 g/mol. The third-order valence-corrected chi connectivity index (χ3v) is 6.46. The molecule has 1 aromatic rings. The molecule has 18 heteroatoms. The first-order chi connectivity index (χ1) is 9.97. The van der Waals surface area contributed by atoms with Crippen LogP contribution in [-0.2, 0) is 9.13 Å². The van der Waals surface area contributed by atoms with Crippen molar-refractivity contribution in [2.45, 2.75) is 11.5 Å². The Kier molecular flexibility index (Phi) is 26.3. The van der Waals surface area contributed by atoms with Crippen molar-refractivity contribution in [3.63, 3.8) is 0 Å². The Morgan fingerprint density at radius 3 is 1.71 bits per heavy atom. The quantitative estimate of drug-likeness (QED) is 0.196. The van der Waals surface area contributed by atoms with Crippen LogP contribution in [0.5, 0.6) is 0 Å². The molecule has 0 bridgehead atoms. The van der Waals surface area contributed by atoms with Gasteiger partial charge >= 0.3 is 65.1 Å². The third-order valence-electron chi connectivity index (χ3n) is 2.68. The van der Waals surface area contributed by atoms with E-state index in [1.165, 1.54) is 0 Å². The minimum absolute atomic E-state index is 0. The molecule has 1 rings (SSSR count). The van der Waals surface area contributed by atoms with Gasteiger partial charge in [0.15, 0.2) is 20.3 Å². The summed E-state index contributed by atoms with van der Waals surface area (Å²) in [6, 6.07) is 7.33. The number of rotatable bonds is 6. The van der Waals surface area contributed by atoms with Gasteiger partial charge in [-0.25, -0.2) is 4.79 Å². The van der Waals surface area contributed by atoms with Gasteiger partial charge in [0.05, 0.1) is 0 Å². The summed E-state index contributed by atoms with van der Waals surface area (Å²) in [7, 11) is -11.7. The summed E-state index contributed by atoms with van der Waals surface area (Å²) in [6.45, 7) is -0.644. The van der Waals surface area contributed by atoms with Crippen molar-refractivity contribution < 1.29 is 120 Å². The Labute approximate surface area is 204 Å². The number of para-hydroxylation sites is 1. The molecule has 0 aliphatic carbocycles. The molecule has 0 saturated carbocycles. The van der Waals surface area contributed by atoms with Crippen LogP contribution in [-0.4, -0.2) is 54.5 Å². The standard InChI is InChI=1S/C10H16N2O8P2.2Na.4H2O/c13-9(12-8-4-2-1-3-5-8)11-7-6-10(14,21(15,16)17)22(18,19)20;;;;;;/h1-5,14H,6-7H2,(H2,11,12,13)(H2,15,16,17)(H2,18,19,20);;;4*1H2/q;2*+1;;;;/p-2. The zero-order valence-electron chi connectivity index (χ0n) is 15.1. The molecule has 2 unspecified atom stereocenters. The molecule has 0 radical (unpaired) electrons. The van der Waals surface area contributed by atoms with Gasteiger partial charge in [0, 0.05) is 18.7 Å². The van der Waals surface area contributed by atoms with Crippen LogP contribution in [0, 0.1) is 0 Å². The van der Waals surface area contributed by atoms with Gasteiger partial charge in [0.25, 0.3) is 0 Å². The van der Waals surface area contributed by atoms with Crippen LogP contribution in [0.25, 0.3) is 0 Å². The van der Waals surface area contributed by atoms with E-state index in [0.29, 0.717) is 5.69 Å². The Morgan fingerprint density at radius 2 is 1.36 bits per heavy atom. The molecule has 1 aromatic carbocycles. The Hall–Kier alpha value is 0.590. The van der Waals surface area contributed by atoms with E-state index in [0.717, 1.165) is 0 Å². The molecule has 14 nitrogen and oxygen atoms in total. The average Bonchev–Trinajstić information content (AvgIpc) is 2.37. The predicted molar refractivity (Wildman–Crippen MR) is 87.1 cm³/mol. The number of anilines is 1. The monoisotopic (exact) mass is 470 g/mol. The summed E-state index contributed by atoms with van der Waals surface area (Å²) in [6.07, 6.45) is -1.15. The summed E-state index contributed by atoms with van der Waals surface area (Å²) in [5, 5.41) is 10.1. The van der Waals surface area contributed by atoms with Gasteiger partial charge in [-0.2, -0.15) is 0 Å². The minimum atomic E-state index is -5.83. The van der Waals surface area contributed by atoms with Crippen LogP contribution < -0.4 is 79.5 Å². The summed E-state index contributed by atoms with van der Waals surface area (Å²) in [5.74, 6) is 0. The molecule has 2 atom stereocenters. The number of amides is 2. The molecule has 2 amide bonds. The summed E-state index contributed by atoms with van der Waals surface area (Å²) in [4.78, 5) is 50.9. The first kappa shape index (κ1) is 42.6. The Bertz CT molecular complexity index is 604. The fraction of sp³-hybridized carbons (Fsp3) is 0.300. The maximum absolute atomic E-state index is 11.5. The van der Waals surface area contributed by atoms with Gasteiger partial charge in [-0.15, -0.1) is 0 Å². The van der Waals surface area contributed by atoms with Crippen molar-refractivity contribution in [3.05, 3.63) is 30.3 Å². The van der Waals surface area contributed by atoms with E-state index in [1.807, 2.05) is 0 Å². The van der Waals surface area contributed by atoms with Crippen LogP contribution in [0.15, 0.2) is 30.3 Å². The predicted octanol–water partition coefficient (Wildman–Crippen LogP) is -10.4. The van der Waals surface area contributed by atoms with Crippen molar-refractivity contribution in [1.82, 2.24) is 5.32 Å². The Morgan fingerprint density at radius 1 is 0.964 bits per heavy atom. The number of nitrogens with one attached hydrogen (secondary N) is 2. The van der Waals surface area contributed by atoms with Gasteiger partial charge < -0.3 is 66.3 Å². The molecule has 0 aliphatic heterocycles. The molecule has 0 aromatic heterocycles. The molecule has 0 spiro atoms. The first-order valence-electron chi connectivity index (χ1n) is 5.87. The molecule has 0 saturated heterocycles. The molecule has 13 N–H and O–H groups in total. The van der Waals surface area contributed by atoms with Crippen LogP contribution in [0.3, 0.4) is 0 Å². The molecular formula is C10H22N2Na2O12P2. The fourth-order valence-electron chi connectivity index (χ4n) is 1.48. The van der Waals surface area contributed by atoms with Gasteiger partial charge in [-0.1, -0.05) is 18.2 Å². The molecule has 28 heavy (non-hydrogen) atoms. The van der Waals surface area contributed by atoms with Crippen molar-refractivity contribution >= 4 is 26.9 Å². The van der Waals surface area contributed by atoms with E-state index in [1.54, 1.807) is 30.3 Å². The third kappa shape index (κ3) is 12.3. The fourth-order valence-corrected chi connectivity index (χ4v) is 3.55. The van der Waals surface area contributed by atoms with Gasteiger partial charge in [0.1, 0.15) is 0 Å².